The van der Waals surface area contributed by atoms with Crippen molar-refractivity contribution in [2.45, 2.75) is 27.2 Å². The molecule has 18 heavy (non-hydrogen) atoms. The van der Waals surface area contributed by atoms with Crippen molar-refractivity contribution >= 4 is 11.6 Å². The second kappa shape index (κ2) is 5.02. The van der Waals surface area contributed by atoms with E-state index in [2.05, 4.69) is 35.9 Å². The maximum atomic E-state index is 13.3. The Hall–Kier alpha value is -1.48. The summed E-state index contributed by atoms with van der Waals surface area (Å²) in [5.41, 5.74) is 3.85. The Bertz CT molecular complexity index is 573. The summed E-state index contributed by atoms with van der Waals surface area (Å²) in [5, 5.41) is -0.110. The summed E-state index contributed by atoms with van der Waals surface area (Å²) in [4.78, 5) is 8.07. The number of benzene rings is 1. The molecule has 0 atom stereocenters. The Kier molecular flexibility index (Phi) is 3.62. The smallest absolute Gasteiger partial charge is 0.181 e. The summed E-state index contributed by atoms with van der Waals surface area (Å²) >= 11 is 5.72. The summed E-state index contributed by atoms with van der Waals surface area (Å²) < 4.78 is 13.3. The molecule has 94 valence electrons. The topological polar surface area (TPSA) is 25.8 Å². The first-order chi connectivity index (χ1) is 8.47. The molecule has 0 N–H and O–H groups in total. The van der Waals surface area contributed by atoms with Crippen molar-refractivity contribution in [2.75, 3.05) is 0 Å². The number of hydrogen-bond acceptors (Lipinski definition) is 2. The van der Waals surface area contributed by atoms with Crippen molar-refractivity contribution in [3.05, 3.63) is 57.4 Å². The van der Waals surface area contributed by atoms with Crippen LogP contribution in [0.2, 0.25) is 5.15 Å². The Balaban J connectivity index is 2.31. The fourth-order valence-electron chi connectivity index (χ4n) is 1.75. The second-order valence-corrected chi connectivity index (χ2v) is 4.78. The van der Waals surface area contributed by atoms with Gasteiger partial charge in [0, 0.05) is 6.42 Å². The van der Waals surface area contributed by atoms with E-state index in [0.717, 1.165) is 5.56 Å². The number of aromatic nitrogens is 2. The average Bonchev–Trinajstić information content (AvgIpc) is 2.31. The van der Waals surface area contributed by atoms with Gasteiger partial charge in [-0.15, -0.1) is 0 Å². The molecule has 2 rings (SSSR count). The van der Waals surface area contributed by atoms with E-state index in [1.165, 1.54) is 11.1 Å². The quantitative estimate of drug-likeness (QED) is 0.772. The molecular formula is C14H14ClFN2. The Labute approximate surface area is 111 Å². The molecule has 0 unspecified atom stereocenters. The number of halogens is 2. The van der Waals surface area contributed by atoms with Gasteiger partial charge in [0.05, 0.1) is 5.69 Å². The molecule has 0 saturated heterocycles. The van der Waals surface area contributed by atoms with Crippen molar-refractivity contribution in [2.24, 2.45) is 0 Å². The minimum Gasteiger partial charge on any atom is -0.235 e. The van der Waals surface area contributed by atoms with Gasteiger partial charge in [0.2, 0.25) is 0 Å². The van der Waals surface area contributed by atoms with Crippen LogP contribution in [0.25, 0.3) is 0 Å². The van der Waals surface area contributed by atoms with E-state index in [4.69, 9.17) is 11.6 Å². The largest absolute Gasteiger partial charge is 0.235 e. The van der Waals surface area contributed by atoms with Crippen LogP contribution in [0.15, 0.2) is 18.2 Å². The lowest BCUT2D eigenvalue weighted by atomic mass is 10.0. The molecule has 0 aliphatic carbocycles. The lowest BCUT2D eigenvalue weighted by Gasteiger charge is -2.06. The average molecular weight is 265 g/mol. The van der Waals surface area contributed by atoms with Crippen molar-refractivity contribution in [1.29, 1.82) is 0 Å². The predicted octanol–water partition coefficient (Wildman–Crippen LogP) is 3.79. The zero-order chi connectivity index (χ0) is 13.3. The first-order valence-corrected chi connectivity index (χ1v) is 6.10. The van der Waals surface area contributed by atoms with E-state index in [1.807, 2.05) is 6.07 Å². The molecular weight excluding hydrogens is 251 g/mol. The summed E-state index contributed by atoms with van der Waals surface area (Å²) in [5.74, 6) is 0.00246. The van der Waals surface area contributed by atoms with Crippen LogP contribution in [-0.4, -0.2) is 9.97 Å². The van der Waals surface area contributed by atoms with Crippen LogP contribution in [0, 0.1) is 26.6 Å². The highest BCUT2D eigenvalue weighted by Crippen LogP contribution is 2.17. The minimum atomic E-state index is -0.541. The minimum absolute atomic E-state index is 0.110. The van der Waals surface area contributed by atoms with Crippen LogP contribution in [0.1, 0.15) is 28.2 Å². The number of hydrogen-bond donors (Lipinski definition) is 0. The highest BCUT2D eigenvalue weighted by Gasteiger charge is 2.10. The number of nitrogens with zero attached hydrogens (tertiary/aromatic N) is 2. The monoisotopic (exact) mass is 264 g/mol. The van der Waals surface area contributed by atoms with Crippen molar-refractivity contribution < 1.29 is 4.39 Å². The third-order valence-corrected chi connectivity index (χ3v) is 3.21. The zero-order valence-corrected chi connectivity index (χ0v) is 11.3. The number of rotatable bonds is 2. The van der Waals surface area contributed by atoms with Gasteiger partial charge in [0.1, 0.15) is 5.82 Å². The lowest BCUT2D eigenvalue weighted by molar-refractivity contribution is 0.597. The van der Waals surface area contributed by atoms with Crippen LogP contribution in [0.4, 0.5) is 4.39 Å². The Morgan fingerprint density at radius 2 is 1.83 bits per heavy atom. The standard InChI is InChI=1S/C14H14ClFN2/c1-8-4-5-11(6-9(8)2)7-12-17-10(3)13(16)14(15)18-12/h4-6H,7H2,1-3H3. The molecule has 2 aromatic rings. The highest BCUT2D eigenvalue weighted by atomic mass is 35.5. The molecule has 1 aromatic heterocycles. The molecule has 0 aliphatic heterocycles. The van der Waals surface area contributed by atoms with Crippen molar-refractivity contribution in [3.63, 3.8) is 0 Å². The Morgan fingerprint density at radius 1 is 1.11 bits per heavy atom. The van der Waals surface area contributed by atoms with Crippen LogP contribution in [0.5, 0.6) is 0 Å². The fraction of sp³-hybridized carbons (Fsp3) is 0.286. The van der Waals surface area contributed by atoms with E-state index in [0.29, 0.717) is 12.2 Å². The van der Waals surface area contributed by atoms with Crippen molar-refractivity contribution in [3.8, 4) is 0 Å². The van der Waals surface area contributed by atoms with Gasteiger partial charge in [0.25, 0.3) is 0 Å². The predicted molar refractivity (Wildman–Crippen MR) is 70.5 cm³/mol. The summed E-state index contributed by atoms with van der Waals surface area (Å²) in [7, 11) is 0. The Morgan fingerprint density at radius 3 is 2.44 bits per heavy atom. The third-order valence-electron chi connectivity index (χ3n) is 2.96. The van der Waals surface area contributed by atoms with Gasteiger partial charge in [-0.2, -0.15) is 0 Å². The van der Waals surface area contributed by atoms with Gasteiger partial charge in [-0.1, -0.05) is 29.8 Å². The maximum absolute atomic E-state index is 13.3. The van der Waals surface area contributed by atoms with Crippen LogP contribution < -0.4 is 0 Å². The first-order valence-electron chi connectivity index (χ1n) is 5.72. The van der Waals surface area contributed by atoms with E-state index in [1.54, 1.807) is 6.92 Å². The van der Waals surface area contributed by atoms with E-state index in [9.17, 15) is 4.39 Å². The molecule has 1 aromatic carbocycles. The van der Waals surface area contributed by atoms with Gasteiger partial charge < -0.3 is 0 Å². The van der Waals surface area contributed by atoms with Gasteiger partial charge in [0.15, 0.2) is 11.0 Å². The van der Waals surface area contributed by atoms with Crippen LogP contribution in [0.3, 0.4) is 0 Å². The van der Waals surface area contributed by atoms with Crippen molar-refractivity contribution in [1.82, 2.24) is 9.97 Å². The van der Waals surface area contributed by atoms with Crippen LogP contribution >= 0.6 is 11.6 Å². The van der Waals surface area contributed by atoms with Gasteiger partial charge in [-0.25, -0.2) is 14.4 Å². The molecule has 0 aliphatic rings. The van der Waals surface area contributed by atoms with Gasteiger partial charge >= 0.3 is 0 Å². The highest BCUT2D eigenvalue weighted by molar-refractivity contribution is 6.29. The molecule has 0 amide bonds. The molecule has 1 heterocycles. The van der Waals surface area contributed by atoms with Gasteiger partial charge in [-0.05, 0) is 37.5 Å². The molecule has 2 nitrogen and oxygen atoms in total. The molecule has 0 spiro atoms. The molecule has 4 heteroatoms. The normalized spacial score (nSPS) is 10.7. The molecule has 0 fully saturated rings. The summed E-state index contributed by atoms with van der Waals surface area (Å²) in [6.07, 6.45) is 0.558. The first kappa shape index (κ1) is 13.0. The molecule has 0 bridgehead atoms. The van der Waals surface area contributed by atoms with E-state index < -0.39 is 5.82 Å². The SMILES string of the molecule is Cc1ccc(Cc2nc(C)c(F)c(Cl)n2)cc1C. The number of aryl methyl sites for hydroxylation is 3. The van der Waals surface area contributed by atoms with Gasteiger partial charge in [-0.3, -0.25) is 0 Å². The molecule has 0 saturated carbocycles. The van der Waals surface area contributed by atoms with E-state index in [-0.39, 0.29) is 10.8 Å². The lowest BCUT2D eigenvalue weighted by Crippen LogP contribution is -2.02. The third kappa shape index (κ3) is 2.67. The summed E-state index contributed by atoms with van der Waals surface area (Å²) in [6, 6.07) is 6.17. The second-order valence-electron chi connectivity index (χ2n) is 4.43. The maximum Gasteiger partial charge on any atom is 0.181 e. The van der Waals surface area contributed by atoms with Crippen LogP contribution in [-0.2, 0) is 6.42 Å². The zero-order valence-electron chi connectivity index (χ0n) is 10.6. The molecule has 0 radical (unpaired) electrons. The van der Waals surface area contributed by atoms with E-state index >= 15 is 0 Å². The summed E-state index contributed by atoms with van der Waals surface area (Å²) in [6.45, 7) is 5.71. The fourth-order valence-corrected chi connectivity index (χ4v) is 1.99.